The summed E-state index contributed by atoms with van der Waals surface area (Å²) in [7, 11) is 1.65. The molecule has 1 aromatic carbocycles. The van der Waals surface area contributed by atoms with Crippen molar-refractivity contribution in [2.75, 3.05) is 13.7 Å². The molecule has 0 spiro atoms. The molecule has 0 heterocycles. The van der Waals surface area contributed by atoms with E-state index in [4.69, 9.17) is 16.3 Å². The van der Waals surface area contributed by atoms with Crippen molar-refractivity contribution in [3.8, 4) is 5.75 Å². The van der Waals surface area contributed by atoms with Crippen LogP contribution in [0.4, 0.5) is 0 Å². The van der Waals surface area contributed by atoms with Crippen LogP contribution in [0, 0.1) is 5.92 Å². The van der Waals surface area contributed by atoms with Crippen LogP contribution in [0.25, 0.3) is 0 Å². The maximum Gasteiger partial charge on any atom is 0.120 e. The van der Waals surface area contributed by atoms with E-state index in [-0.39, 0.29) is 0 Å². The van der Waals surface area contributed by atoms with E-state index in [0.717, 1.165) is 29.3 Å². The molecule has 1 unspecified atom stereocenters. The predicted octanol–water partition coefficient (Wildman–Crippen LogP) is 4.05. The zero-order chi connectivity index (χ0) is 12.8. The number of ether oxygens (including phenoxy) is 1. The summed E-state index contributed by atoms with van der Waals surface area (Å²) in [6.07, 6.45) is 1.12. The van der Waals surface area contributed by atoms with Crippen LogP contribution in [-0.4, -0.2) is 13.7 Å². The lowest BCUT2D eigenvalue weighted by Gasteiger charge is -2.24. The molecule has 0 aliphatic heterocycles. The zero-order valence-corrected chi connectivity index (χ0v) is 11.8. The Balaban J connectivity index is 2.93. The molecule has 0 radical (unpaired) electrons. The molecular weight excluding hydrogens is 234 g/mol. The largest absolute Gasteiger partial charge is 0.497 e. The number of benzene rings is 1. The fourth-order valence-electron chi connectivity index (χ4n) is 1.89. The van der Waals surface area contributed by atoms with Gasteiger partial charge in [0.15, 0.2) is 0 Å². The highest BCUT2D eigenvalue weighted by Gasteiger charge is 2.17. The minimum Gasteiger partial charge on any atom is -0.497 e. The molecule has 1 rings (SSSR count). The minimum absolute atomic E-state index is 0.299. The van der Waals surface area contributed by atoms with Gasteiger partial charge in [0.05, 0.1) is 7.11 Å². The van der Waals surface area contributed by atoms with Crippen molar-refractivity contribution >= 4 is 11.6 Å². The fraction of sp³-hybridized carbons (Fsp3) is 0.571. The molecule has 1 atom stereocenters. The van der Waals surface area contributed by atoms with Gasteiger partial charge in [0.1, 0.15) is 5.75 Å². The Morgan fingerprint density at radius 2 is 2.06 bits per heavy atom. The third-order valence-electron chi connectivity index (χ3n) is 2.82. The SMILES string of the molecule is CCCNC(c1ccc(OC)cc1Cl)C(C)C. The summed E-state index contributed by atoms with van der Waals surface area (Å²) >= 11 is 6.31. The molecule has 2 nitrogen and oxygen atoms in total. The van der Waals surface area contributed by atoms with Crippen LogP contribution < -0.4 is 10.1 Å². The second-order valence-electron chi connectivity index (χ2n) is 4.56. The summed E-state index contributed by atoms with van der Waals surface area (Å²) in [6, 6.07) is 6.19. The molecule has 1 aromatic rings. The lowest BCUT2D eigenvalue weighted by molar-refractivity contribution is 0.406. The fourth-order valence-corrected chi connectivity index (χ4v) is 2.18. The lowest BCUT2D eigenvalue weighted by Crippen LogP contribution is -2.26. The molecular formula is C14H22ClNO. The normalized spacial score (nSPS) is 12.8. The van der Waals surface area contributed by atoms with Gasteiger partial charge in [-0.15, -0.1) is 0 Å². The monoisotopic (exact) mass is 255 g/mol. The molecule has 0 saturated carbocycles. The van der Waals surface area contributed by atoms with Crippen LogP contribution in [0.2, 0.25) is 5.02 Å². The first-order chi connectivity index (χ1) is 8.10. The van der Waals surface area contributed by atoms with Crippen LogP contribution >= 0.6 is 11.6 Å². The molecule has 0 aromatic heterocycles. The summed E-state index contributed by atoms with van der Waals surface area (Å²) < 4.78 is 5.17. The first kappa shape index (κ1) is 14.3. The van der Waals surface area contributed by atoms with E-state index in [1.807, 2.05) is 12.1 Å². The standard InChI is InChI=1S/C14H22ClNO/c1-5-8-16-14(10(2)3)12-7-6-11(17-4)9-13(12)15/h6-7,9-10,14,16H,5,8H2,1-4H3. The highest BCUT2D eigenvalue weighted by atomic mass is 35.5. The Labute approximate surface area is 109 Å². The molecule has 1 N–H and O–H groups in total. The number of hydrogen-bond acceptors (Lipinski definition) is 2. The van der Waals surface area contributed by atoms with Gasteiger partial charge in [0.2, 0.25) is 0 Å². The molecule has 0 aliphatic rings. The average Bonchev–Trinajstić information content (AvgIpc) is 2.30. The van der Waals surface area contributed by atoms with Crippen LogP contribution in [0.15, 0.2) is 18.2 Å². The van der Waals surface area contributed by atoms with Gasteiger partial charge >= 0.3 is 0 Å². The average molecular weight is 256 g/mol. The molecule has 0 bridgehead atoms. The van der Waals surface area contributed by atoms with Crippen LogP contribution in [0.1, 0.15) is 38.8 Å². The van der Waals surface area contributed by atoms with E-state index >= 15 is 0 Å². The van der Waals surface area contributed by atoms with E-state index in [0.29, 0.717) is 12.0 Å². The summed E-state index contributed by atoms with van der Waals surface area (Å²) in [4.78, 5) is 0. The molecule has 96 valence electrons. The third-order valence-corrected chi connectivity index (χ3v) is 3.15. The number of halogens is 1. The quantitative estimate of drug-likeness (QED) is 0.828. The topological polar surface area (TPSA) is 21.3 Å². The molecule has 0 saturated heterocycles. The maximum atomic E-state index is 6.31. The number of rotatable bonds is 6. The molecule has 17 heavy (non-hydrogen) atoms. The maximum absolute atomic E-state index is 6.31. The van der Waals surface area contributed by atoms with E-state index in [1.165, 1.54) is 0 Å². The van der Waals surface area contributed by atoms with Crippen LogP contribution in [-0.2, 0) is 0 Å². The van der Waals surface area contributed by atoms with Gasteiger partial charge in [0, 0.05) is 11.1 Å². The van der Waals surface area contributed by atoms with Gasteiger partial charge in [0.25, 0.3) is 0 Å². The second-order valence-corrected chi connectivity index (χ2v) is 4.97. The van der Waals surface area contributed by atoms with Crippen LogP contribution in [0.5, 0.6) is 5.75 Å². The summed E-state index contributed by atoms with van der Waals surface area (Å²) in [5.74, 6) is 1.31. The molecule has 0 aliphatic carbocycles. The molecule has 0 amide bonds. The molecule has 3 heteroatoms. The summed E-state index contributed by atoms with van der Waals surface area (Å²) in [5, 5.41) is 4.31. The first-order valence-electron chi connectivity index (χ1n) is 6.17. The van der Waals surface area contributed by atoms with Gasteiger partial charge in [-0.1, -0.05) is 38.4 Å². The predicted molar refractivity (Wildman–Crippen MR) is 73.9 cm³/mol. The Kier molecular flexibility index (Phi) is 5.79. The van der Waals surface area contributed by atoms with E-state index in [1.54, 1.807) is 7.11 Å². The second kappa shape index (κ2) is 6.87. The van der Waals surface area contributed by atoms with Crippen molar-refractivity contribution in [3.05, 3.63) is 28.8 Å². The summed E-state index contributed by atoms with van der Waals surface area (Å²) in [6.45, 7) is 7.58. The van der Waals surface area contributed by atoms with Crippen molar-refractivity contribution in [3.63, 3.8) is 0 Å². The first-order valence-corrected chi connectivity index (χ1v) is 6.54. The number of methoxy groups -OCH3 is 1. The lowest BCUT2D eigenvalue weighted by atomic mass is 9.95. The van der Waals surface area contributed by atoms with Crippen molar-refractivity contribution in [1.29, 1.82) is 0 Å². The van der Waals surface area contributed by atoms with Crippen molar-refractivity contribution in [1.82, 2.24) is 5.32 Å². The minimum atomic E-state index is 0.299. The van der Waals surface area contributed by atoms with E-state index < -0.39 is 0 Å². The summed E-state index contributed by atoms with van der Waals surface area (Å²) in [5.41, 5.74) is 1.15. The highest BCUT2D eigenvalue weighted by molar-refractivity contribution is 6.31. The smallest absolute Gasteiger partial charge is 0.120 e. The molecule has 0 fully saturated rings. The van der Waals surface area contributed by atoms with Crippen molar-refractivity contribution in [2.24, 2.45) is 5.92 Å². The Bertz CT molecular complexity index is 352. The van der Waals surface area contributed by atoms with Gasteiger partial charge < -0.3 is 10.1 Å². The zero-order valence-electron chi connectivity index (χ0n) is 11.1. The Morgan fingerprint density at radius 3 is 2.53 bits per heavy atom. The number of nitrogens with one attached hydrogen (secondary N) is 1. The van der Waals surface area contributed by atoms with Gasteiger partial charge in [-0.3, -0.25) is 0 Å². The Hall–Kier alpha value is -0.730. The van der Waals surface area contributed by atoms with Crippen LogP contribution in [0.3, 0.4) is 0 Å². The Morgan fingerprint density at radius 1 is 1.35 bits per heavy atom. The number of hydrogen-bond donors (Lipinski definition) is 1. The van der Waals surface area contributed by atoms with Gasteiger partial charge in [-0.05, 0) is 36.6 Å². The third kappa shape index (κ3) is 3.90. The van der Waals surface area contributed by atoms with Gasteiger partial charge in [-0.2, -0.15) is 0 Å². The van der Waals surface area contributed by atoms with Crippen molar-refractivity contribution in [2.45, 2.75) is 33.2 Å². The van der Waals surface area contributed by atoms with E-state index in [2.05, 4.69) is 32.2 Å². The highest BCUT2D eigenvalue weighted by Crippen LogP contribution is 2.31. The van der Waals surface area contributed by atoms with E-state index in [9.17, 15) is 0 Å². The van der Waals surface area contributed by atoms with Gasteiger partial charge in [-0.25, -0.2) is 0 Å². The van der Waals surface area contributed by atoms with Crippen molar-refractivity contribution < 1.29 is 4.74 Å².